The molecule has 1 atom stereocenters. The third-order valence-electron chi connectivity index (χ3n) is 1.76. The zero-order valence-electron chi connectivity index (χ0n) is 7.96. The van der Waals surface area contributed by atoms with Gasteiger partial charge in [-0.1, -0.05) is 0 Å². The number of rotatable bonds is 5. The molecule has 0 saturated carbocycles. The fourth-order valence-electron chi connectivity index (χ4n) is 0.938. The van der Waals surface area contributed by atoms with Gasteiger partial charge in [0.15, 0.2) is 0 Å². The summed E-state index contributed by atoms with van der Waals surface area (Å²) in [5.41, 5.74) is 0. The Balaban J connectivity index is 5.20. The Morgan fingerprint density at radius 3 is 1.94 bits per heavy atom. The Bertz CT molecular complexity index is 322. The normalized spacial score (nSPS) is 16.2. The van der Waals surface area contributed by atoms with Gasteiger partial charge < -0.3 is 4.74 Å². The van der Waals surface area contributed by atoms with Gasteiger partial charge in [0, 0.05) is 13.7 Å². The topological polar surface area (TPSA) is 63.6 Å². The fourth-order valence-corrected chi connectivity index (χ4v) is 1.55. The summed E-state index contributed by atoms with van der Waals surface area (Å²) in [5.74, 6) is -3.50. The summed E-state index contributed by atoms with van der Waals surface area (Å²) < 4.78 is 94.6. The zero-order valence-corrected chi connectivity index (χ0v) is 8.78. The Morgan fingerprint density at radius 2 is 1.69 bits per heavy atom. The van der Waals surface area contributed by atoms with Gasteiger partial charge in [0.05, 0.1) is 0 Å². The van der Waals surface area contributed by atoms with E-state index < -0.39 is 40.5 Å². The molecule has 0 aromatic carbocycles. The molecule has 1 N–H and O–H groups in total. The van der Waals surface area contributed by atoms with Crippen LogP contribution in [0, 0.1) is 5.92 Å². The van der Waals surface area contributed by atoms with E-state index in [1.54, 1.807) is 0 Å². The first-order valence-electron chi connectivity index (χ1n) is 3.85. The van der Waals surface area contributed by atoms with Crippen LogP contribution in [0.4, 0.5) is 22.0 Å². The molecule has 4 nitrogen and oxygen atoms in total. The van der Waals surface area contributed by atoms with E-state index in [9.17, 15) is 30.4 Å². The third kappa shape index (κ3) is 3.52. The van der Waals surface area contributed by atoms with E-state index in [1.807, 2.05) is 0 Å². The Morgan fingerprint density at radius 1 is 1.25 bits per heavy atom. The van der Waals surface area contributed by atoms with Crippen molar-refractivity contribution < 1.29 is 39.7 Å². The second kappa shape index (κ2) is 4.80. The van der Waals surface area contributed by atoms with Crippen LogP contribution in [0.5, 0.6) is 0 Å². The first kappa shape index (κ1) is 15.5. The molecule has 0 spiro atoms. The molecule has 0 aliphatic rings. The maximum Gasteiger partial charge on any atom is 0.398 e. The Labute approximate surface area is 88.1 Å². The molecule has 0 radical (unpaired) electrons. The van der Waals surface area contributed by atoms with Crippen LogP contribution in [0.25, 0.3) is 0 Å². The molecule has 0 saturated heterocycles. The summed E-state index contributed by atoms with van der Waals surface area (Å²) in [5, 5.41) is -5.29. The van der Waals surface area contributed by atoms with Crippen molar-refractivity contribution in [1.82, 2.24) is 0 Å². The second-order valence-corrected chi connectivity index (χ2v) is 4.41. The average molecular weight is 272 g/mol. The molecule has 0 fully saturated rings. The van der Waals surface area contributed by atoms with Gasteiger partial charge in [-0.05, 0) is 6.42 Å². The van der Waals surface area contributed by atoms with Gasteiger partial charge in [-0.3, -0.25) is 4.55 Å². The van der Waals surface area contributed by atoms with E-state index >= 15 is 0 Å². The SMILES string of the molecule is COCCC(C(F)(F)F)C(F)(F)S(=O)(=O)O. The summed E-state index contributed by atoms with van der Waals surface area (Å²) in [6, 6.07) is 0. The summed E-state index contributed by atoms with van der Waals surface area (Å²) >= 11 is 0. The van der Waals surface area contributed by atoms with Crippen molar-refractivity contribution in [3.8, 4) is 0 Å². The lowest BCUT2D eigenvalue weighted by atomic mass is 10.1. The van der Waals surface area contributed by atoms with Crippen LogP contribution in [-0.2, 0) is 14.9 Å². The summed E-state index contributed by atoms with van der Waals surface area (Å²) in [4.78, 5) is 0. The van der Waals surface area contributed by atoms with Crippen LogP contribution in [-0.4, -0.2) is 38.1 Å². The highest BCUT2D eigenvalue weighted by atomic mass is 32.2. The minimum absolute atomic E-state index is 0.713. The molecular weight excluding hydrogens is 263 g/mol. The highest BCUT2D eigenvalue weighted by molar-refractivity contribution is 7.86. The quantitative estimate of drug-likeness (QED) is 0.611. The van der Waals surface area contributed by atoms with Crippen LogP contribution >= 0.6 is 0 Å². The summed E-state index contributed by atoms with van der Waals surface area (Å²) in [6.45, 7) is -0.713. The minimum atomic E-state index is -6.12. The number of methoxy groups -OCH3 is 1. The summed E-state index contributed by atoms with van der Waals surface area (Å²) in [6.07, 6.45) is -6.73. The van der Waals surface area contributed by atoms with Gasteiger partial charge in [-0.2, -0.15) is 30.4 Å². The maximum atomic E-state index is 12.8. The molecule has 0 aromatic rings. The van der Waals surface area contributed by atoms with E-state index in [-0.39, 0.29) is 0 Å². The highest BCUT2D eigenvalue weighted by Gasteiger charge is 2.62. The van der Waals surface area contributed by atoms with Crippen LogP contribution in [0.1, 0.15) is 6.42 Å². The van der Waals surface area contributed by atoms with Gasteiger partial charge in [0.1, 0.15) is 5.92 Å². The standard InChI is InChI=1S/C6H9F5O4S/c1-15-3-2-4(5(7,8)9)6(10,11)16(12,13)14/h4H,2-3H2,1H3,(H,12,13,14). The summed E-state index contributed by atoms with van der Waals surface area (Å²) in [7, 11) is -5.15. The zero-order chi connectivity index (χ0) is 13.2. The number of ether oxygens (including phenoxy) is 1. The lowest BCUT2D eigenvalue weighted by Crippen LogP contribution is -2.45. The molecule has 0 aliphatic carbocycles. The van der Waals surface area contributed by atoms with Gasteiger partial charge in [0.25, 0.3) is 0 Å². The van der Waals surface area contributed by atoms with Crippen molar-refractivity contribution in [2.75, 3.05) is 13.7 Å². The average Bonchev–Trinajstić information content (AvgIpc) is 1.99. The largest absolute Gasteiger partial charge is 0.398 e. The van der Waals surface area contributed by atoms with E-state index in [2.05, 4.69) is 4.74 Å². The first-order valence-corrected chi connectivity index (χ1v) is 5.29. The van der Waals surface area contributed by atoms with Gasteiger partial charge in [-0.15, -0.1) is 0 Å². The maximum absolute atomic E-state index is 12.8. The predicted octanol–water partition coefficient (Wildman–Crippen LogP) is 1.68. The van der Waals surface area contributed by atoms with Crippen LogP contribution in [0.2, 0.25) is 0 Å². The molecule has 1 unspecified atom stereocenters. The molecule has 0 bridgehead atoms. The molecule has 0 amide bonds. The molecule has 98 valence electrons. The van der Waals surface area contributed by atoms with Gasteiger partial charge in [0.2, 0.25) is 0 Å². The monoisotopic (exact) mass is 272 g/mol. The second-order valence-electron chi connectivity index (χ2n) is 2.91. The molecule has 0 aromatic heterocycles. The van der Waals surface area contributed by atoms with Crippen LogP contribution < -0.4 is 0 Å². The van der Waals surface area contributed by atoms with Gasteiger partial charge in [-0.25, -0.2) is 0 Å². The van der Waals surface area contributed by atoms with E-state index in [1.165, 1.54) is 0 Å². The van der Waals surface area contributed by atoms with Crippen LogP contribution in [0.15, 0.2) is 0 Å². The molecule has 16 heavy (non-hydrogen) atoms. The van der Waals surface area contributed by atoms with Crippen molar-refractivity contribution in [2.45, 2.75) is 17.9 Å². The number of halogens is 5. The first-order chi connectivity index (χ1) is 6.94. The molecule has 10 heteroatoms. The third-order valence-corrected chi connectivity index (χ3v) is 2.73. The van der Waals surface area contributed by atoms with E-state index in [0.29, 0.717) is 0 Å². The lowest BCUT2D eigenvalue weighted by Gasteiger charge is -2.25. The number of hydrogen-bond acceptors (Lipinski definition) is 3. The van der Waals surface area contributed by atoms with Crippen molar-refractivity contribution in [2.24, 2.45) is 5.92 Å². The Hall–Kier alpha value is -0.480. The fraction of sp³-hybridized carbons (Fsp3) is 1.00. The molecule has 0 heterocycles. The van der Waals surface area contributed by atoms with Gasteiger partial charge >= 0.3 is 21.5 Å². The predicted molar refractivity (Wildman–Crippen MR) is 42.5 cm³/mol. The van der Waals surface area contributed by atoms with Crippen molar-refractivity contribution in [3.63, 3.8) is 0 Å². The number of hydrogen-bond donors (Lipinski definition) is 1. The van der Waals surface area contributed by atoms with Crippen molar-refractivity contribution in [1.29, 1.82) is 0 Å². The molecule has 0 aliphatic heterocycles. The van der Waals surface area contributed by atoms with Crippen molar-refractivity contribution in [3.05, 3.63) is 0 Å². The minimum Gasteiger partial charge on any atom is -0.385 e. The van der Waals surface area contributed by atoms with E-state index in [4.69, 9.17) is 4.55 Å². The van der Waals surface area contributed by atoms with Crippen molar-refractivity contribution >= 4 is 10.1 Å². The van der Waals surface area contributed by atoms with Crippen LogP contribution in [0.3, 0.4) is 0 Å². The van der Waals surface area contributed by atoms with E-state index in [0.717, 1.165) is 7.11 Å². The molecular formula is C6H9F5O4S. The Kier molecular flexibility index (Phi) is 4.65. The lowest BCUT2D eigenvalue weighted by molar-refractivity contribution is -0.222. The number of alkyl halides is 5. The smallest absolute Gasteiger partial charge is 0.385 e. The molecule has 0 rings (SSSR count). The highest BCUT2D eigenvalue weighted by Crippen LogP contribution is 2.43.